The van der Waals surface area contributed by atoms with E-state index in [1.807, 2.05) is 6.07 Å². The van der Waals surface area contributed by atoms with Gasteiger partial charge in [-0.25, -0.2) is 4.98 Å². The number of ether oxygens (including phenoxy) is 2. The number of nitrogens with zero attached hydrogens (tertiary/aromatic N) is 2. The van der Waals surface area contributed by atoms with E-state index in [1.165, 1.54) is 18.4 Å². The lowest BCUT2D eigenvalue weighted by Gasteiger charge is -2.13. The highest BCUT2D eigenvalue weighted by Gasteiger charge is 2.21. The van der Waals surface area contributed by atoms with Crippen molar-refractivity contribution >= 4 is 23.2 Å². The predicted molar refractivity (Wildman–Crippen MR) is 90.0 cm³/mol. The monoisotopic (exact) mass is 350 g/mol. The number of aryl methyl sites for hydroxylation is 1. The van der Waals surface area contributed by atoms with Crippen molar-refractivity contribution in [2.24, 2.45) is 0 Å². The number of hydrogen-bond acceptors (Lipinski definition) is 6. The van der Waals surface area contributed by atoms with Gasteiger partial charge >= 0.3 is 5.97 Å². The molecule has 0 radical (unpaired) electrons. The standard InChI is InChI=1S/C16H18N2O5S/c1-9-14(16(21)18(2)8-13(19)20)24-15(17-9)10-5-6-11(22-3)12(7-10)23-4/h5-7H,8H2,1-4H3,(H,19,20). The molecule has 1 aromatic carbocycles. The van der Waals surface area contributed by atoms with E-state index >= 15 is 0 Å². The Morgan fingerprint density at radius 2 is 1.92 bits per heavy atom. The third kappa shape index (κ3) is 3.65. The average Bonchev–Trinajstić information content (AvgIpc) is 2.94. The second-order valence-electron chi connectivity index (χ2n) is 5.06. The molecule has 0 saturated heterocycles. The molecular weight excluding hydrogens is 332 g/mol. The number of rotatable bonds is 6. The van der Waals surface area contributed by atoms with Crippen LogP contribution in [0.1, 0.15) is 15.4 Å². The first kappa shape index (κ1) is 17.7. The van der Waals surface area contributed by atoms with E-state index in [0.29, 0.717) is 27.1 Å². The summed E-state index contributed by atoms with van der Waals surface area (Å²) in [5.41, 5.74) is 1.35. The molecule has 1 aromatic heterocycles. The van der Waals surface area contributed by atoms with Gasteiger partial charge in [0.05, 0.1) is 19.9 Å². The number of benzene rings is 1. The van der Waals surface area contributed by atoms with Crippen LogP contribution in [-0.4, -0.2) is 54.7 Å². The number of aromatic nitrogens is 1. The Kier molecular flexibility index (Phi) is 5.40. The van der Waals surface area contributed by atoms with Crippen molar-refractivity contribution in [3.8, 4) is 22.1 Å². The lowest BCUT2D eigenvalue weighted by atomic mass is 10.2. The minimum absolute atomic E-state index is 0.359. The Balaban J connectivity index is 2.35. The number of amides is 1. The van der Waals surface area contributed by atoms with Crippen LogP contribution < -0.4 is 9.47 Å². The van der Waals surface area contributed by atoms with Crippen LogP contribution in [0.4, 0.5) is 0 Å². The SMILES string of the molecule is COc1ccc(-c2nc(C)c(C(=O)N(C)CC(=O)O)s2)cc1OC. The summed E-state index contributed by atoms with van der Waals surface area (Å²) in [5, 5.41) is 9.46. The summed E-state index contributed by atoms with van der Waals surface area (Å²) in [4.78, 5) is 29.1. The molecule has 8 heteroatoms. The van der Waals surface area contributed by atoms with E-state index in [0.717, 1.165) is 10.5 Å². The second kappa shape index (κ2) is 7.31. The summed E-state index contributed by atoms with van der Waals surface area (Å²) in [5.74, 6) is -0.252. The summed E-state index contributed by atoms with van der Waals surface area (Å²) in [6, 6.07) is 5.38. The van der Waals surface area contributed by atoms with Gasteiger partial charge in [0.1, 0.15) is 16.4 Å². The second-order valence-corrected chi connectivity index (χ2v) is 6.06. The number of methoxy groups -OCH3 is 2. The summed E-state index contributed by atoms with van der Waals surface area (Å²) in [6.45, 7) is 1.37. The zero-order chi connectivity index (χ0) is 17.9. The Bertz CT molecular complexity index is 772. The van der Waals surface area contributed by atoms with Crippen molar-refractivity contribution in [2.45, 2.75) is 6.92 Å². The van der Waals surface area contributed by atoms with Crippen LogP contribution in [0.2, 0.25) is 0 Å². The van der Waals surface area contributed by atoms with E-state index < -0.39 is 5.97 Å². The van der Waals surface area contributed by atoms with Crippen LogP contribution in [0.15, 0.2) is 18.2 Å². The van der Waals surface area contributed by atoms with Gasteiger partial charge in [-0.05, 0) is 25.1 Å². The topological polar surface area (TPSA) is 89.0 Å². The van der Waals surface area contributed by atoms with Crippen LogP contribution in [0.3, 0.4) is 0 Å². The normalized spacial score (nSPS) is 10.3. The number of thiazole rings is 1. The van der Waals surface area contributed by atoms with Gasteiger partial charge in [-0.15, -0.1) is 11.3 Å². The minimum Gasteiger partial charge on any atom is -0.493 e. The number of carbonyl (C=O) groups excluding carboxylic acids is 1. The highest BCUT2D eigenvalue weighted by atomic mass is 32.1. The summed E-state index contributed by atoms with van der Waals surface area (Å²) >= 11 is 1.22. The fourth-order valence-electron chi connectivity index (χ4n) is 2.14. The first-order valence-electron chi connectivity index (χ1n) is 7.04. The zero-order valence-electron chi connectivity index (χ0n) is 13.8. The number of hydrogen-bond donors (Lipinski definition) is 1. The molecule has 0 saturated carbocycles. The van der Waals surface area contributed by atoms with Crippen molar-refractivity contribution in [1.82, 2.24) is 9.88 Å². The lowest BCUT2D eigenvalue weighted by Crippen LogP contribution is -2.31. The van der Waals surface area contributed by atoms with Gasteiger partial charge in [-0.2, -0.15) is 0 Å². The third-order valence-corrected chi connectivity index (χ3v) is 4.53. The first-order valence-corrected chi connectivity index (χ1v) is 7.86. The molecule has 2 rings (SSSR count). The molecule has 7 nitrogen and oxygen atoms in total. The summed E-state index contributed by atoms with van der Waals surface area (Å²) < 4.78 is 10.5. The van der Waals surface area contributed by atoms with Gasteiger partial charge in [0.15, 0.2) is 11.5 Å². The van der Waals surface area contributed by atoms with Crippen LogP contribution in [-0.2, 0) is 4.79 Å². The van der Waals surface area contributed by atoms with Gasteiger partial charge < -0.3 is 19.5 Å². The van der Waals surface area contributed by atoms with E-state index in [9.17, 15) is 9.59 Å². The largest absolute Gasteiger partial charge is 0.493 e. The van der Waals surface area contributed by atoms with Crippen molar-refractivity contribution in [2.75, 3.05) is 27.8 Å². The molecule has 0 fully saturated rings. The number of aliphatic carboxylic acids is 1. The van der Waals surface area contributed by atoms with Crippen molar-refractivity contribution in [1.29, 1.82) is 0 Å². The van der Waals surface area contributed by atoms with E-state index in [-0.39, 0.29) is 12.5 Å². The van der Waals surface area contributed by atoms with Crippen molar-refractivity contribution in [3.05, 3.63) is 28.8 Å². The Hall–Kier alpha value is -2.61. The zero-order valence-corrected chi connectivity index (χ0v) is 14.6. The smallest absolute Gasteiger partial charge is 0.323 e. The Labute approximate surface area is 143 Å². The number of likely N-dealkylation sites (N-methyl/N-ethyl adjacent to an activating group) is 1. The number of carbonyl (C=O) groups is 2. The molecule has 0 unspecified atom stereocenters. The molecule has 0 spiro atoms. The van der Waals surface area contributed by atoms with Crippen molar-refractivity contribution < 1.29 is 24.2 Å². The molecule has 1 heterocycles. The third-order valence-electron chi connectivity index (χ3n) is 3.34. The molecule has 128 valence electrons. The summed E-state index contributed by atoms with van der Waals surface area (Å²) in [7, 11) is 4.55. The van der Waals surface area contributed by atoms with Gasteiger partial charge in [0.25, 0.3) is 5.91 Å². The number of carboxylic acid groups (broad SMARTS) is 1. The van der Waals surface area contributed by atoms with E-state index in [1.54, 1.807) is 33.3 Å². The maximum atomic E-state index is 12.4. The highest BCUT2D eigenvalue weighted by molar-refractivity contribution is 7.17. The van der Waals surface area contributed by atoms with Gasteiger partial charge in [0, 0.05) is 12.6 Å². The lowest BCUT2D eigenvalue weighted by molar-refractivity contribution is -0.137. The fraction of sp³-hybridized carbons (Fsp3) is 0.312. The van der Waals surface area contributed by atoms with Crippen LogP contribution >= 0.6 is 11.3 Å². The maximum absolute atomic E-state index is 12.4. The van der Waals surface area contributed by atoms with E-state index in [4.69, 9.17) is 14.6 Å². The molecule has 0 aliphatic heterocycles. The minimum atomic E-state index is -1.06. The van der Waals surface area contributed by atoms with Crippen LogP contribution in [0.5, 0.6) is 11.5 Å². The highest BCUT2D eigenvalue weighted by Crippen LogP contribution is 2.35. The Morgan fingerprint density at radius 3 is 2.50 bits per heavy atom. The van der Waals surface area contributed by atoms with Crippen LogP contribution in [0, 0.1) is 6.92 Å². The average molecular weight is 350 g/mol. The molecule has 1 N–H and O–H groups in total. The quantitative estimate of drug-likeness (QED) is 0.860. The predicted octanol–water partition coefficient (Wildman–Crippen LogP) is 2.29. The Morgan fingerprint density at radius 1 is 1.25 bits per heavy atom. The molecular formula is C16H18N2O5S. The maximum Gasteiger partial charge on any atom is 0.323 e. The molecule has 0 aliphatic carbocycles. The molecule has 0 aliphatic rings. The number of carboxylic acids is 1. The summed E-state index contributed by atoms with van der Waals surface area (Å²) in [6.07, 6.45) is 0. The first-order chi connectivity index (χ1) is 11.4. The molecule has 0 atom stereocenters. The molecule has 1 amide bonds. The molecule has 2 aromatic rings. The fourth-order valence-corrected chi connectivity index (χ4v) is 3.19. The van der Waals surface area contributed by atoms with Gasteiger partial charge in [-0.1, -0.05) is 0 Å². The molecule has 0 bridgehead atoms. The van der Waals surface area contributed by atoms with Gasteiger partial charge in [0.2, 0.25) is 0 Å². The van der Waals surface area contributed by atoms with E-state index in [2.05, 4.69) is 4.98 Å². The van der Waals surface area contributed by atoms with Crippen molar-refractivity contribution in [3.63, 3.8) is 0 Å². The van der Waals surface area contributed by atoms with Crippen LogP contribution in [0.25, 0.3) is 10.6 Å². The molecule has 24 heavy (non-hydrogen) atoms. The van der Waals surface area contributed by atoms with Gasteiger partial charge in [-0.3, -0.25) is 9.59 Å².